The molecule has 7 rings (SSSR count). The molecule has 0 saturated carbocycles. The Balaban J connectivity index is 1.70. The summed E-state index contributed by atoms with van der Waals surface area (Å²) in [5, 5.41) is 2.53. The second kappa shape index (κ2) is 6.41. The van der Waals surface area contributed by atoms with Crippen molar-refractivity contribution in [1.82, 2.24) is 9.97 Å². The van der Waals surface area contributed by atoms with Crippen molar-refractivity contribution < 1.29 is 0 Å². The molecule has 6 aromatic rings. The molecule has 0 fully saturated rings. The minimum atomic E-state index is -0.386. The topological polar surface area (TPSA) is 28.7 Å². The van der Waals surface area contributed by atoms with Crippen molar-refractivity contribution in [2.45, 2.75) is 5.41 Å². The number of nitrogens with one attached hydrogen (secondary N) is 1. The van der Waals surface area contributed by atoms with Crippen molar-refractivity contribution in [3.05, 3.63) is 138 Å². The van der Waals surface area contributed by atoms with Gasteiger partial charge in [0.1, 0.15) is 0 Å². The van der Waals surface area contributed by atoms with Crippen molar-refractivity contribution in [2.75, 3.05) is 0 Å². The van der Waals surface area contributed by atoms with Crippen molar-refractivity contribution in [1.29, 1.82) is 0 Å². The van der Waals surface area contributed by atoms with E-state index in [0.717, 1.165) is 0 Å². The molecule has 0 bridgehead atoms. The Morgan fingerprint density at radius 1 is 0.531 bits per heavy atom. The third kappa shape index (κ3) is 2.16. The van der Waals surface area contributed by atoms with Crippen LogP contribution < -0.4 is 0 Å². The second-order valence-electron chi connectivity index (χ2n) is 8.51. The molecule has 2 heteroatoms. The summed E-state index contributed by atoms with van der Waals surface area (Å²) < 4.78 is 0. The van der Waals surface area contributed by atoms with Crippen LogP contribution in [0.15, 0.2) is 116 Å². The quantitative estimate of drug-likeness (QED) is 0.325. The molecule has 1 aliphatic carbocycles. The lowest BCUT2D eigenvalue weighted by Gasteiger charge is -2.33. The van der Waals surface area contributed by atoms with Gasteiger partial charge in [0.25, 0.3) is 0 Å². The van der Waals surface area contributed by atoms with Crippen LogP contribution in [0.4, 0.5) is 0 Å². The van der Waals surface area contributed by atoms with Gasteiger partial charge in [0.15, 0.2) is 0 Å². The lowest BCUT2D eigenvalue weighted by molar-refractivity contribution is 0.767. The number of pyridine rings is 1. The molecular formula is C30H20N2. The van der Waals surface area contributed by atoms with Gasteiger partial charge < -0.3 is 4.98 Å². The summed E-state index contributed by atoms with van der Waals surface area (Å²) in [6, 6.07) is 37.4. The molecule has 1 unspecified atom stereocenters. The third-order valence-electron chi connectivity index (χ3n) is 6.99. The lowest BCUT2D eigenvalue weighted by Crippen LogP contribution is -2.28. The number of aromatic amines is 1. The molecule has 0 saturated heterocycles. The van der Waals surface area contributed by atoms with E-state index in [-0.39, 0.29) is 5.41 Å². The highest BCUT2D eigenvalue weighted by Gasteiger charge is 2.46. The first-order valence-electron chi connectivity index (χ1n) is 11.0. The standard InChI is InChI=1S/C30H20N2/c1-2-8-20(9-3-1)30(21-14-16-31-17-15-21)26-12-6-4-10-22(26)24-19-29-25(18-27(24)30)23-11-5-7-13-28(23)32-29/h1-19,32H. The van der Waals surface area contributed by atoms with E-state index in [9.17, 15) is 0 Å². The molecule has 0 amide bonds. The highest BCUT2D eigenvalue weighted by atomic mass is 14.7. The minimum Gasteiger partial charge on any atom is -0.354 e. The fraction of sp³-hybridized carbons (Fsp3) is 0.0333. The van der Waals surface area contributed by atoms with Crippen molar-refractivity contribution in [2.24, 2.45) is 0 Å². The van der Waals surface area contributed by atoms with Crippen molar-refractivity contribution in [3.63, 3.8) is 0 Å². The predicted molar refractivity (Wildman–Crippen MR) is 131 cm³/mol. The number of benzene rings is 4. The van der Waals surface area contributed by atoms with Crippen LogP contribution in [-0.4, -0.2) is 9.97 Å². The molecule has 2 nitrogen and oxygen atoms in total. The molecule has 2 heterocycles. The summed E-state index contributed by atoms with van der Waals surface area (Å²) in [5.41, 5.74) is 9.72. The molecule has 0 aliphatic heterocycles. The summed E-state index contributed by atoms with van der Waals surface area (Å²) in [4.78, 5) is 7.97. The van der Waals surface area contributed by atoms with Crippen molar-refractivity contribution >= 4 is 21.8 Å². The van der Waals surface area contributed by atoms with E-state index in [1.807, 2.05) is 12.4 Å². The maximum atomic E-state index is 4.33. The van der Waals surface area contributed by atoms with Crippen LogP contribution in [0, 0.1) is 0 Å². The number of hydrogen-bond donors (Lipinski definition) is 1. The van der Waals surface area contributed by atoms with Gasteiger partial charge in [-0.1, -0.05) is 72.8 Å². The monoisotopic (exact) mass is 408 g/mol. The number of fused-ring (bicyclic) bond motifs is 6. The fourth-order valence-electron chi connectivity index (χ4n) is 5.70. The molecule has 150 valence electrons. The molecule has 0 radical (unpaired) electrons. The maximum absolute atomic E-state index is 4.33. The minimum absolute atomic E-state index is 0.386. The van der Waals surface area contributed by atoms with Crippen LogP contribution in [0.3, 0.4) is 0 Å². The van der Waals surface area contributed by atoms with Gasteiger partial charge in [-0.2, -0.15) is 0 Å². The Kier molecular flexibility index (Phi) is 3.51. The fourth-order valence-corrected chi connectivity index (χ4v) is 5.70. The first kappa shape index (κ1) is 17.5. The summed E-state index contributed by atoms with van der Waals surface area (Å²) in [5.74, 6) is 0. The van der Waals surface area contributed by atoms with E-state index in [2.05, 4.69) is 113 Å². The average Bonchev–Trinajstić information content (AvgIpc) is 3.37. The number of hydrogen-bond acceptors (Lipinski definition) is 1. The van der Waals surface area contributed by atoms with Gasteiger partial charge in [-0.05, 0) is 63.7 Å². The zero-order chi connectivity index (χ0) is 21.1. The van der Waals surface area contributed by atoms with Gasteiger partial charge in [0.05, 0.1) is 5.41 Å². The van der Waals surface area contributed by atoms with Gasteiger partial charge in [-0.15, -0.1) is 0 Å². The van der Waals surface area contributed by atoms with Gasteiger partial charge >= 0.3 is 0 Å². The van der Waals surface area contributed by atoms with Crippen LogP contribution in [0.1, 0.15) is 22.3 Å². The molecule has 32 heavy (non-hydrogen) atoms. The summed E-state index contributed by atoms with van der Waals surface area (Å²) >= 11 is 0. The molecule has 1 atom stereocenters. The summed E-state index contributed by atoms with van der Waals surface area (Å²) in [6.07, 6.45) is 3.82. The smallest absolute Gasteiger partial charge is 0.0714 e. The third-order valence-corrected chi connectivity index (χ3v) is 6.99. The van der Waals surface area contributed by atoms with Crippen LogP contribution >= 0.6 is 0 Å². The molecule has 1 aliphatic rings. The largest absolute Gasteiger partial charge is 0.354 e. The van der Waals surface area contributed by atoms with E-state index < -0.39 is 0 Å². The summed E-state index contributed by atoms with van der Waals surface area (Å²) in [7, 11) is 0. The molecule has 0 spiro atoms. The number of rotatable bonds is 2. The van der Waals surface area contributed by atoms with E-state index in [1.165, 1.54) is 55.2 Å². The Labute approximate surface area is 186 Å². The van der Waals surface area contributed by atoms with E-state index >= 15 is 0 Å². The average molecular weight is 409 g/mol. The second-order valence-corrected chi connectivity index (χ2v) is 8.51. The highest BCUT2D eigenvalue weighted by molar-refractivity contribution is 6.10. The Morgan fingerprint density at radius 3 is 2.12 bits per heavy atom. The van der Waals surface area contributed by atoms with Gasteiger partial charge in [-0.3, -0.25) is 4.98 Å². The van der Waals surface area contributed by atoms with Crippen LogP contribution in [0.25, 0.3) is 32.9 Å². The zero-order valence-electron chi connectivity index (χ0n) is 17.4. The van der Waals surface area contributed by atoms with Gasteiger partial charge in [0, 0.05) is 34.2 Å². The number of aromatic nitrogens is 2. The number of para-hydroxylation sites is 1. The summed E-state index contributed by atoms with van der Waals surface area (Å²) in [6.45, 7) is 0. The normalized spacial score (nSPS) is 16.9. The van der Waals surface area contributed by atoms with Gasteiger partial charge in [-0.25, -0.2) is 0 Å². The van der Waals surface area contributed by atoms with E-state index in [0.29, 0.717) is 0 Å². The van der Waals surface area contributed by atoms with Crippen LogP contribution in [0.2, 0.25) is 0 Å². The lowest BCUT2D eigenvalue weighted by atomic mass is 9.68. The Morgan fingerprint density at radius 2 is 1.25 bits per heavy atom. The molecular weight excluding hydrogens is 388 g/mol. The van der Waals surface area contributed by atoms with Crippen LogP contribution in [0.5, 0.6) is 0 Å². The SMILES string of the molecule is c1ccc(C2(c3ccncc3)c3ccccc3-c3cc4[nH]c5ccccc5c4cc32)cc1. The van der Waals surface area contributed by atoms with Crippen molar-refractivity contribution in [3.8, 4) is 11.1 Å². The predicted octanol–water partition coefficient (Wildman–Crippen LogP) is 7.08. The van der Waals surface area contributed by atoms with Gasteiger partial charge in [0.2, 0.25) is 0 Å². The first-order chi connectivity index (χ1) is 15.9. The van der Waals surface area contributed by atoms with Crippen LogP contribution in [-0.2, 0) is 5.41 Å². The van der Waals surface area contributed by atoms with E-state index in [4.69, 9.17) is 0 Å². The Bertz CT molecular complexity index is 1570. The first-order valence-corrected chi connectivity index (χ1v) is 11.0. The molecule has 2 aromatic heterocycles. The molecule has 1 N–H and O–H groups in total. The maximum Gasteiger partial charge on any atom is 0.0714 e. The zero-order valence-corrected chi connectivity index (χ0v) is 17.4. The highest BCUT2D eigenvalue weighted by Crippen LogP contribution is 2.56. The number of H-pyrrole nitrogens is 1. The number of nitrogens with zero attached hydrogens (tertiary/aromatic N) is 1. The molecule has 4 aromatic carbocycles. The van der Waals surface area contributed by atoms with E-state index in [1.54, 1.807) is 0 Å². The Hall–Kier alpha value is -4.17.